The molecule has 2 heterocycles. The highest BCUT2D eigenvalue weighted by Crippen LogP contribution is 2.13. The molecule has 0 aliphatic carbocycles. The quantitative estimate of drug-likeness (QED) is 0.798. The van der Waals surface area contributed by atoms with Gasteiger partial charge >= 0.3 is 5.76 Å². The van der Waals surface area contributed by atoms with Gasteiger partial charge in [0.1, 0.15) is 0 Å². The Morgan fingerprint density at radius 3 is 3.12 bits per heavy atom. The second-order valence-corrected chi connectivity index (χ2v) is 5.01. The van der Waals surface area contributed by atoms with Crippen LogP contribution in [0.2, 0.25) is 0 Å². The number of aryl methyl sites for hydroxylation is 1. The molecule has 4 nitrogen and oxygen atoms in total. The summed E-state index contributed by atoms with van der Waals surface area (Å²) in [4.78, 5) is 15.8. The first-order valence-corrected chi connectivity index (χ1v) is 6.85. The molecule has 0 aromatic carbocycles. The fraction of sp³-hybridized carbons (Fsp3) is 0.500. The zero-order valence-electron chi connectivity index (χ0n) is 9.73. The molecule has 0 N–H and O–H groups in total. The van der Waals surface area contributed by atoms with E-state index in [0.29, 0.717) is 23.7 Å². The van der Waals surface area contributed by atoms with Crippen LogP contribution in [0.1, 0.15) is 19.8 Å². The van der Waals surface area contributed by atoms with E-state index in [2.05, 4.69) is 27.8 Å². The average molecular weight is 299 g/mol. The van der Waals surface area contributed by atoms with Gasteiger partial charge in [-0.15, -0.1) is 0 Å². The first-order valence-electron chi connectivity index (χ1n) is 5.72. The summed E-state index contributed by atoms with van der Waals surface area (Å²) in [6.45, 7) is 2.85. The van der Waals surface area contributed by atoms with Crippen LogP contribution in [0.5, 0.6) is 0 Å². The standard InChI is InChI=1S/C12H15BrN2O2/c1-9(4-6-13)5-8-15-11-10(17-12(15)16)3-2-7-14-11/h2-3,7,9H,4-6,8H2,1H3. The number of nitrogens with zero attached hydrogens (tertiary/aromatic N) is 2. The number of fused-ring (bicyclic) bond motifs is 1. The summed E-state index contributed by atoms with van der Waals surface area (Å²) in [6, 6.07) is 3.53. The van der Waals surface area contributed by atoms with E-state index in [0.717, 1.165) is 18.2 Å². The fourth-order valence-electron chi connectivity index (χ4n) is 1.78. The van der Waals surface area contributed by atoms with Crippen molar-refractivity contribution >= 4 is 27.2 Å². The van der Waals surface area contributed by atoms with E-state index in [1.165, 1.54) is 0 Å². The van der Waals surface area contributed by atoms with Gasteiger partial charge in [-0.25, -0.2) is 9.78 Å². The van der Waals surface area contributed by atoms with Crippen LogP contribution in [0.4, 0.5) is 0 Å². The molecule has 0 saturated heterocycles. The second kappa shape index (κ2) is 5.49. The van der Waals surface area contributed by atoms with E-state index in [-0.39, 0.29) is 5.76 Å². The number of halogens is 1. The smallest absolute Gasteiger partial charge is 0.406 e. The van der Waals surface area contributed by atoms with E-state index < -0.39 is 0 Å². The number of rotatable bonds is 5. The van der Waals surface area contributed by atoms with Crippen molar-refractivity contribution in [3.63, 3.8) is 0 Å². The molecular formula is C12H15BrN2O2. The molecule has 0 aliphatic rings. The second-order valence-electron chi connectivity index (χ2n) is 4.22. The molecule has 0 bridgehead atoms. The predicted molar refractivity (Wildman–Crippen MR) is 70.5 cm³/mol. The van der Waals surface area contributed by atoms with Crippen LogP contribution in [0.3, 0.4) is 0 Å². The summed E-state index contributed by atoms with van der Waals surface area (Å²) >= 11 is 3.42. The average Bonchev–Trinajstić information content (AvgIpc) is 2.62. The Kier molecular flexibility index (Phi) is 3.99. The Morgan fingerprint density at radius 2 is 2.35 bits per heavy atom. The minimum absolute atomic E-state index is 0.315. The SMILES string of the molecule is CC(CCBr)CCn1c(=O)oc2cccnc21. The molecule has 5 heteroatoms. The van der Waals surface area contributed by atoms with Crippen LogP contribution in [0.25, 0.3) is 11.2 Å². The molecule has 2 rings (SSSR count). The summed E-state index contributed by atoms with van der Waals surface area (Å²) < 4.78 is 6.74. The third-order valence-corrected chi connectivity index (χ3v) is 3.33. The van der Waals surface area contributed by atoms with E-state index in [1.807, 2.05) is 0 Å². The van der Waals surface area contributed by atoms with Crippen molar-refractivity contribution in [2.75, 3.05) is 5.33 Å². The molecule has 0 radical (unpaired) electrons. The Morgan fingerprint density at radius 1 is 1.53 bits per heavy atom. The molecule has 0 aliphatic heterocycles. The molecule has 0 amide bonds. The van der Waals surface area contributed by atoms with Crippen molar-refractivity contribution in [2.24, 2.45) is 5.92 Å². The van der Waals surface area contributed by atoms with Crippen LogP contribution in [-0.4, -0.2) is 14.9 Å². The molecule has 92 valence electrons. The highest BCUT2D eigenvalue weighted by atomic mass is 79.9. The van der Waals surface area contributed by atoms with Crippen molar-refractivity contribution in [1.82, 2.24) is 9.55 Å². The maximum Gasteiger partial charge on any atom is 0.421 e. The van der Waals surface area contributed by atoms with Crippen LogP contribution >= 0.6 is 15.9 Å². The minimum atomic E-state index is -0.315. The topological polar surface area (TPSA) is 48.0 Å². The molecule has 0 saturated carbocycles. The first kappa shape index (κ1) is 12.4. The Labute approximate surface area is 108 Å². The Bertz CT molecular complexity index is 547. The number of hydrogen-bond donors (Lipinski definition) is 0. The van der Waals surface area contributed by atoms with Gasteiger partial charge in [-0.3, -0.25) is 4.57 Å². The molecular weight excluding hydrogens is 284 g/mol. The van der Waals surface area contributed by atoms with Gasteiger partial charge in [-0.2, -0.15) is 0 Å². The Balaban J connectivity index is 2.18. The number of hydrogen-bond acceptors (Lipinski definition) is 3. The van der Waals surface area contributed by atoms with Gasteiger partial charge in [0.2, 0.25) is 0 Å². The van der Waals surface area contributed by atoms with Gasteiger partial charge in [0.05, 0.1) is 0 Å². The molecule has 2 aromatic heterocycles. The van der Waals surface area contributed by atoms with Crippen molar-refractivity contribution in [3.05, 3.63) is 28.9 Å². The summed E-state index contributed by atoms with van der Waals surface area (Å²) in [6.07, 6.45) is 3.74. The summed E-state index contributed by atoms with van der Waals surface area (Å²) in [5, 5.41) is 0.994. The summed E-state index contributed by atoms with van der Waals surface area (Å²) in [7, 11) is 0. The lowest BCUT2D eigenvalue weighted by Crippen LogP contribution is -2.16. The molecule has 2 aromatic rings. The molecule has 0 spiro atoms. The molecule has 1 atom stereocenters. The molecule has 17 heavy (non-hydrogen) atoms. The van der Waals surface area contributed by atoms with E-state index in [1.54, 1.807) is 22.9 Å². The van der Waals surface area contributed by atoms with Crippen molar-refractivity contribution in [2.45, 2.75) is 26.3 Å². The van der Waals surface area contributed by atoms with Crippen molar-refractivity contribution < 1.29 is 4.42 Å². The van der Waals surface area contributed by atoms with Gasteiger partial charge in [0, 0.05) is 18.1 Å². The lowest BCUT2D eigenvalue weighted by Gasteiger charge is -2.08. The number of aromatic nitrogens is 2. The zero-order chi connectivity index (χ0) is 12.3. The maximum atomic E-state index is 11.7. The van der Waals surface area contributed by atoms with Gasteiger partial charge in [-0.05, 0) is 30.9 Å². The lowest BCUT2D eigenvalue weighted by molar-refractivity contribution is 0.442. The fourth-order valence-corrected chi connectivity index (χ4v) is 2.56. The predicted octanol–water partition coefficient (Wildman–Crippen LogP) is 2.80. The number of alkyl halides is 1. The maximum absolute atomic E-state index is 11.7. The van der Waals surface area contributed by atoms with Crippen LogP contribution in [-0.2, 0) is 6.54 Å². The normalized spacial score (nSPS) is 13.1. The van der Waals surface area contributed by atoms with Gasteiger partial charge in [0.15, 0.2) is 11.2 Å². The zero-order valence-corrected chi connectivity index (χ0v) is 11.3. The van der Waals surface area contributed by atoms with Gasteiger partial charge in [-0.1, -0.05) is 22.9 Å². The molecule has 1 unspecified atom stereocenters. The lowest BCUT2D eigenvalue weighted by atomic mass is 10.1. The summed E-state index contributed by atoms with van der Waals surface area (Å²) in [5.74, 6) is 0.264. The van der Waals surface area contributed by atoms with Crippen LogP contribution in [0, 0.1) is 5.92 Å². The number of oxazole rings is 1. The van der Waals surface area contributed by atoms with Crippen LogP contribution in [0.15, 0.2) is 27.5 Å². The van der Waals surface area contributed by atoms with E-state index in [4.69, 9.17) is 4.42 Å². The highest BCUT2D eigenvalue weighted by molar-refractivity contribution is 9.09. The number of pyridine rings is 1. The van der Waals surface area contributed by atoms with E-state index >= 15 is 0 Å². The van der Waals surface area contributed by atoms with Gasteiger partial charge < -0.3 is 4.42 Å². The van der Waals surface area contributed by atoms with E-state index in [9.17, 15) is 4.79 Å². The minimum Gasteiger partial charge on any atom is -0.406 e. The largest absolute Gasteiger partial charge is 0.421 e. The third kappa shape index (κ3) is 2.77. The summed E-state index contributed by atoms with van der Waals surface area (Å²) in [5.41, 5.74) is 1.20. The van der Waals surface area contributed by atoms with Crippen LogP contribution < -0.4 is 5.76 Å². The monoisotopic (exact) mass is 298 g/mol. The third-order valence-electron chi connectivity index (χ3n) is 2.87. The molecule has 0 fully saturated rings. The van der Waals surface area contributed by atoms with Crippen molar-refractivity contribution in [1.29, 1.82) is 0 Å². The first-order chi connectivity index (χ1) is 8.22. The Hall–Kier alpha value is -1.10. The van der Waals surface area contributed by atoms with Gasteiger partial charge in [0.25, 0.3) is 0 Å². The highest BCUT2D eigenvalue weighted by Gasteiger charge is 2.10. The van der Waals surface area contributed by atoms with Crippen molar-refractivity contribution in [3.8, 4) is 0 Å².